The van der Waals surface area contributed by atoms with E-state index in [1.807, 2.05) is 0 Å². The molecule has 2 aromatic carbocycles. The molecule has 0 aliphatic rings. The van der Waals surface area contributed by atoms with Crippen LogP contribution in [0.1, 0.15) is 15.9 Å². The lowest BCUT2D eigenvalue weighted by Crippen LogP contribution is -2.15. The summed E-state index contributed by atoms with van der Waals surface area (Å²) in [6, 6.07) is 12.7. The first kappa shape index (κ1) is 15.6. The van der Waals surface area contributed by atoms with Crippen LogP contribution in [0.3, 0.4) is 0 Å². The van der Waals surface area contributed by atoms with Gasteiger partial charge in [0.15, 0.2) is 0 Å². The standard InChI is InChI=1S/C14H11NO6S/c16-14(12-6-8-13(9-7-12)15(17)18)21-22(19,20)10-11-4-2-1-3-5-11/h1-9H,10H2. The van der Waals surface area contributed by atoms with Gasteiger partial charge in [-0.2, -0.15) is 8.42 Å². The summed E-state index contributed by atoms with van der Waals surface area (Å²) in [6.07, 6.45) is 0. The summed E-state index contributed by atoms with van der Waals surface area (Å²) in [7, 11) is -4.09. The average Bonchev–Trinajstić information content (AvgIpc) is 2.47. The van der Waals surface area contributed by atoms with Gasteiger partial charge in [-0.15, -0.1) is 0 Å². The highest BCUT2D eigenvalue weighted by Crippen LogP contribution is 2.15. The molecule has 0 aliphatic heterocycles. The smallest absolute Gasteiger partial charge is 0.341 e. The van der Waals surface area contributed by atoms with E-state index in [0.29, 0.717) is 5.56 Å². The molecule has 0 N–H and O–H groups in total. The highest BCUT2D eigenvalue weighted by molar-refractivity contribution is 7.86. The number of carbonyl (C=O) groups is 1. The predicted molar refractivity (Wildman–Crippen MR) is 77.6 cm³/mol. The third-order valence-electron chi connectivity index (χ3n) is 2.70. The van der Waals surface area contributed by atoms with Crippen molar-refractivity contribution in [1.29, 1.82) is 0 Å². The van der Waals surface area contributed by atoms with Crippen LogP contribution in [-0.2, 0) is 20.1 Å². The molecule has 8 heteroatoms. The van der Waals surface area contributed by atoms with Crippen LogP contribution in [0, 0.1) is 10.1 Å². The van der Waals surface area contributed by atoms with Gasteiger partial charge in [-0.1, -0.05) is 30.3 Å². The molecule has 22 heavy (non-hydrogen) atoms. The maximum atomic E-state index is 11.8. The fourth-order valence-corrected chi connectivity index (χ4v) is 2.68. The van der Waals surface area contributed by atoms with E-state index in [2.05, 4.69) is 4.18 Å². The second kappa shape index (κ2) is 6.35. The van der Waals surface area contributed by atoms with E-state index in [1.54, 1.807) is 30.3 Å². The topological polar surface area (TPSA) is 104 Å². The number of nitro groups is 1. The van der Waals surface area contributed by atoms with Crippen molar-refractivity contribution in [2.45, 2.75) is 5.75 Å². The Kier molecular flexibility index (Phi) is 4.52. The van der Waals surface area contributed by atoms with E-state index in [9.17, 15) is 23.3 Å². The first-order valence-electron chi connectivity index (χ1n) is 6.12. The van der Waals surface area contributed by atoms with Crippen LogP contribution in [-0.4, -0.2) is 19.3 Å². The van der Waals surface area contributed by atoms with Gasteiger partial charge in [-0.3, -0.25) is 10.1 Å². The van der Waals surface area contributed by atoms with Crippen molar-refractivity contribution in [3.8, 4) is 0 Å². The summed E-state index contributed by atoms with van der Waals surface area (Å²) in [6.45, 7) is 0. The van der Waals surface area contributed by atoms with Crippen LogP contribution in [0.2, 0.25) is 0 Å². The molecule has 0 amide bonds. The Hall–Kier alpha value is -2.74. The Morgan fingerprint density at radius 3 is 2.18 bits per heavy atom. The minimum absolute atomic E-state index is 0.0813. The minimum Gasteiger partial charge on any atom is -0.341 e. The Labute approximate surface area is 126 Å². The maximum Gasteiger partial charge on any atom is 0.353 e. The molecule has 7 nitrogen and oxygen atoms in total. The summed E-state index contributed by atoms with van der Waals surface area (Å²) in [5, 5.41) is 10.5. The van der Waals surface area contributed by atoms with Gasteiger partial charge in [0, 0.05) is 12.1 Å². The van der Waals surface area contributed by atoms with Gasteiger partial charge in [0.25, 0.3) is 5.69 Å². The molecular formula is C14H11NO6S. The number of hydrogen-bond acceptors (Lipinski definition) is 6. The Morgan fingerprint density at radius 2 is 1.64 bits per heavy atom. The number of rotatable bonds is 5. The molecular weight excluding hydrogens is 310 g/mol. The normalized spacial score (nSPS) is 10.9. The largest absolute Gasteiger partial charge is 0.353 e. The lowest BCUT2D eigenvalue weighted by atomic mass is 10.2. The van der Waals surface area contributed by atoms with Crippen LogP contribution in [0.5, 0.6) is 0 Å². The molecule has 2 aromatic rings. The molecule has 0 radical (unpaired) electrons. The molecule has 0 saturated heterocycles. The van der Waals surface area contributed by atoms with Crippen molar-refractivity contribution in [3.63, 3.8) is 0 Å². The lowest BCUT2D eigenvalue weighted by molar-refractivity contribution is -0.384. The third kappa shape index (κ3) is 4.13. The Morgan fingerprint density at radius 1 is 1.05 bits per heavy atom. The number of nitrogens with zero attached hydrogens (tertiary/aromatic N) is 1. The highest BCUT2D eigenvalue weighted by Gasteiger charge is 2.20. The number of nitro benzene ring substituents is 1. The number of benzene rings is 2. The van der Waals surface area contributed by atoms with Crippen LogP contribution >= 0.6 is 0 Å². The molecule has 0 fully saturated rings. The third-order valence-corrected chi connectivity index (χ3v) is 3.79. The zero-order valence-corrected chi connectivity index (χ0v) is 12.0. The molecule has 0 heterocycles. The Bertz CT molecular complexity index is 784. The van der Waals surface area contributed by atoms with E-state index in [4.69, 9.17) is 0 Å². The molecule has 0 bridgehead atoms. The summed E-state index contributed by atoms with van der Waals surface area (Å²) in [5.41, 5.74) is 0.199. The average molecular weight is 321 g/mol. The summed E-state index contributed by atoms with van der Waals surface area (Å²) in [4.78, 5) is 21.6. The number of carbonyl (C=O) groups excluding carboxylic acids is 1. The van der Waals surface area contributed by atoms with Crippen LogP contribution in [0.25, 0.3) is 0 Å². The summed E-state index contributed by atoms with van der Waals surface area (Å²) < 4.78 is 28.1. The fraction of sp³-hybridized carbons (Fsp3) is 0.0714. The SMILES string of the molecule is O=C(OS(=O)(=O)Cc1ccccc1)c1ccc([N+](=O)[O-])cc1. The van der Waals surface area contributed by atoms with Crippen molar-refractivity contribution in [3.05, 3.63) is 75.8 Å². The molecule has 0 unspecified atom stereocenters. The van der Waals surface area contributed by atoms with E-state index in [0.717, 1.165) is 24.3 Å². The van der Waals surface area contributed by atoms with Gasteiger partial charge in [0.1, 0.15) is 5.75 Å². The quantitative estimate of drug-likeness (QED) is 0.475. The monoisotopic (exact) mass is 321 g/mol. The minimum atomic E-state index is -4.09. The maximum absolute atomic E-state index is 11.8. The van der Waals surface area contributed by atoms with Crippen molar-refractivity contribution in [2.75, 3.05) is 0 Å². The molecule has 114 valence electrons. The predicted octanol–water partition coefficient (Wildman–Crippen LogP) is 2.28. The second-order valence-electron chi connectivity index (χ2n) is 4.36. The number of hydrogen-bond donors (Lipinski definition) is 0. The van der Waals surface area contributed by atoms with Crippen molar-refractivity contribution in [2.24, 2.45) is 0 Å². The van der Waals surface area contributed by atoms with Crippen LogP contribution in [0.4, 0.5) is 5.69 Å². The van der Waals surface area contributed by atoms with E-state index in [-0.39, 0.29) is 11.3 Å². The van der Waals surface area contributed by atoms with E-state index < -0.39 is 26.8 Å². The second-order valence-corrected chi connectivity index (χ2v) is 5.93. The van der Waals surface area contributed by atoms with Crippen LogP contribution < -0.4 is 0 Å². The molecule has 0 atom stereocenters. The number of non-ortho nitro benzene ring substituents is 1. The van der Waals surface area contributed by atoms with Crippen molar-refractivity contribution >= 4 is 21.8 Å². The molecule has 0 aliphatic carbocycles. The van der Waals surface area contributed by atoms with Gasteiger partial charge >= 0.3 is 16.1 Å². The van der Waals surface area contributed by atoms with Gasteiger partial charge in [-0.05, 0) is 17.7 Å². The molecule has 0 aromatic heterocycles. The molecule has 0 saturated carbocycles. The van der Waals surface area contributed by atoms with Gasteiger partial charge in [0.2, 0.25) is 0 Å². The lowest BCUT2D eigenvalue weighted by Gasteiger charge is -2.05. The first-order valence-corrected chi connectivity index (χ1v) is 7.70. The zero-order chi connectivity index (χ0) is 16.2. The summed E-state index contributed by atoms with van der Waals surface area (Å²) >= 11 is 0. The van der Waals surface area contributed by atoms with Gasteiger partial charge in [0.05, 0.1) is 10.5 Å². The van der Waals surface area contributed by atoms with E-state index in [1.165, 1.54) is 0 Å². The van der Waals surface area contributed by atoms with Crippen LogP contribution in [0.15, 0.2) is 54.6 Å². The van der Waals surface area contributed by atoms with Crippen molar-refractivity contribution < 1.29 is 22.3 Å². The molecule has 0 spiro atoms. The summed E-state index contributed by atoms with van der Waals surface area (Å²) in [5.74, 6) is -1.52. The molecule has 2 rings (SSSR count). The Balaban J connectivity index is 2.09. The van der Waals surface area contributed by atoms with Gasteiger partial charge < -0.3 is 4.18 Å². The first-order chi connectivity index (χ1) is 10.4. The van der Waals surface area contributed by atoms with E-state index >= 15 is 0 Å². The van der Waals surface area contributed by atoms with Gasteiger partial charge in [-0.25, -0.2) is 4.79 Å². The van der Waals surface area contributed by atoms with Crippen molar-refractivity contribution in [1.82, 2.24) is 0 Å². The zero-order valence-electron chi connectivity index (χ0n) is 11.2. The fourth-order valence-electron chi connectivity index (χ4n) is 1.69. The highest BCUT2D eigenvalue weighted by atomic mass is 32.2.